The maximum Gasteiger partial charge on any atom is 0.129 e. The molecule has 0 amide bonds. The van der Waals surface area contributed by atoms with Crippen molar-refractivity contribution in [3.8, 4) is 0 Å². The van der Waals surface area contributed by atoms with E-state index in [1.165, 1.54) is 25.0 Å². The van der Waals surface area contributed by atoms with Crippen molar-refractivity contribution < 1.29 is 8.78 Å². The predicted molar refractivity (Wildman–Crippen MR) is 69.2 cm³/mol. The third-order valence-corrected chi connectivity index (χ3v) is 4.05. The number of benzene rings is 1. The van der Waals surface area contributed by atoms with Gasteiger partial charge < -0.3 is 5.73 Å². The SMILES string of the molecule is CC1CCCC(C(N)Cc2ccc(F)cc2F)C1. The van der Waals surface area contributed by atoms with Crippen LogP contribution in [-0.4, -0.2) is 6.04 Å². The van der Waals surface area contributed by atoms with Gasteiger partial charge in [-0.1, -0.05) is 25.8 Å². The first kappa shape index (κ1) is 13.5. The lowest BCUT2D eigenvalue weighted by Crippen LogP contribution is -2.35. The summed E-state index contributed by atoms with van der Waals surface area (Å²) in [6.07, 6.45) is 5.25. The van der Waals surface area contributed by atoms with Gasteiger partial charge in [0.1, 0.15) is 11.6 Å². The molecule has 1 aliphatic rings. The lowest BCUT2D eigenvalue weighted by molar-refractivity contribution is 0.244. The van der Waals surface area contributed by atoms with Crippen LogP contribution >= 0.6 is 0 Å². The van der Waals surface area contributed by atoms with E-state index in [4.69, 9.17) is 5.73 Å². The quantitative estimate of drug-likeness (QED) is 0.874. The summed E-state index contributed by atoms with van der Waals surface area (Å²) < 4.78 is 26.4. The highest BCUT2D eigenvalue weighted by Crippen LogP contribution is 2.31. The van der Waals surface area contributed by atoms with Crippen LogP contribution in [-0.2, 0) is 6.42 Å². The topological polar surface area (TPSA) is 26.0 Å². The average molecular weight is 253 g/mol. The second kappa shape index (κ2) is 5.79. The highest BCUT2D eigenvalue weighted by molar-refractivity contribution is 5.19. The Kier molecular flexibility index (Phi) is 4.33. The van der Waals surface area contributed by atoms with Crippen molar-refractivity contribution in [2.75, 3.05) is 0 Å². The Bertz CT molecular complexity index is 405. The molecule has 100 valence electrons. The van der Waals surface area contributed by atoms with E-state index in [0.717, 1.165) is 18.9 Å². The van der Waals surface area contributed by atoms with Crippen LogP contribution in [0, 0.1) is 23.5 Å². The van der Waals surface area contributed by atoms with E-state index in [-0.39, 0.29) is 6.04 Å². The summed E-state index contributed by atoms with van der Waals surface area (Å²) in [6.45, 7) is 2.25. The van der Waals surface area contributed by atoms with E-state index < -0.39 is 11.6 Å². The van der Waals surface area contributed by atoms with Crippen LogP contribution in [0.4, 0.5) is 8.78 Å². The smallest absolute Gasteiger partial charge is 0.129 e. The molecule has 1 fully saturated rings. The Labute approximate surface area is 107 Å². The van der Waals surface area contributed by atoms with E-state index in [2.05, 4.69) is 6.92 Å². The first-order valence-corrected chi connectivity index (χ1v) is 6.75. The fourth-order valence-electron chi connectivity index (χ4n) is 2.98. The molecule has 1 nitrogen and oxygen atoms in total. The molecule has 18 heavy (non-hydrogen) atoms. The molecule has 3 heteroatoms. The van der Waals surface area contributed by atoms with Crippen LogP contribution in [0.2, 0.25) is 0 Å². The number of halogens is 2. The molecule has 3 unspecified atom stereocenters. The van der Waals surface area contributed by atoms with Crippen LogP contribution in [0.25, 0.3) is 0 Å². The van der Waals surface area contributed by atoms with E-state index in [9.17, 15) is 8.78 Å². The van der Waals surface area contributed by atoms with Crippen LogP contribution in [0.3, 0.4) is 0 Å². The molecule has 2 N–H and O–H groups in total. The van der Waals surface area contributed by atoms with Gasteiger partial charge in [-0.25, -0.2) is 8.78 Å². The molecule has 1 saturated carbocycles. The summed E-state index contributed by atoms with van der Waals surface area (Å²) in [5, 5.41) is 0. The summed E-state index contributed by atoms with van der Waals surface area (Å²) in [5.74, 6) is 0.177. The normalized spacial score (nSPS) is 26.0. The fourth-order valence-corrected chi connectivity index (χ4v) is 2.98. The van der Waals surface area contributed by atoms with Crippen molar-refractivity contribution in [2.45, 2.75) is 45.1 Å². The number of hydrogen-bond donors (Lipinski definition) is 1. The van der Waals surface area contributed by atoms with Crippen molar-refractivity contribution >= 4 is 0 Å². The van der Waals surface area contributed by atoms with Crippen LogP contribution < -0.4 is 5.73 Å². The first-order chi connectivity index (χ1) is 8.56. The Morgan fingerprint density at radius 1 is 1.33 bits per heavy atom. The lowest BCUT2D eigenvalue weighted by atomic mass is 9.77. The highest BCUT2D eigenvalue weighted by atomic mass is 19.1. The number of nitrogens with two attached hydrogens (primary N) is 1. The molecule has 0 radical (unpaired) electrons. The Morgan fingerprint density at radius 3 is 2.78 bits per heavy atom. The van der Waals surface area contributed by atoms with Crippen molar-refractivity contribution in [1.29, 1.82) is 0 Å². The van der Waals surface area contributed by atoms with E-state index in [0.29, 0.717) is 23.8 Å². The summed E-state index contributed by atoms with van der Waals surface area (Å²) in [5.41, 5.74) is 6.72. The van der Waals surface area contributed by atoms with Crippen molar-refractivity contribution in [3.05, 3.63) is 35.4 Å². The predicted octanol–water partition coefficient (Wildman–Crippen LogP) is 3.66. The van der Waals surface area contributed by atoms with E-state index in [1.807, 2.05) is 0 Å². The molecule has 0 saturated heterocycles. The van der Waals surface area contributed by atoms with Gasteiger partial charge in [-0.05, 0) is 42.7 Å². The zero-order chi connectivity index (χ0) is 13.1. The Morgan fingerprint density at radius 2 is 2.11 bits per heavy atom. The zero-order valence-corrected chi connectivity index (χ0v) is 10.8. The third kappa shape index (κ3) is 3.29. The van der Waals surface area contributed by atoms with Crippen LogP contribution in [0.15, 0.2) is 18.2 Å². The van der Waals surface area contributed by atoms with Crippen molar-refractivity contribution in [1.82, 2.24) is 0 Å². The van der Waals surface area contributed by atoms with Gasteiger partial charge in [-0.3, -0.25) is 0 Å². The molecule has 1 aromatic rings. The summed E-state index contributed by atoms with van der Waals surface area (Å²) >= 11 is 0. The lowest BCUT2D eigenvalue weighted by Gasteiger charge is -2.31. The van der Waals surface area contributed by atoms with Crippen molar-refractivity contribution in [3.63, 3.8) is 0 Å². The van der Waals surface area contributed by atoms with Crippen molar-refractivity contribution in [2.24, 2.45) is 17.6 Å². The van der Waals surface area contributed by atoms with Gasteiger partial charge in [-0.2, -0.15) is 0 Å². The number of hydrogen-bond acceptors (Lipinski definition) is 1. The van der Waals surface area contributed by atoms with Gasteiger partial charge in [0, 0.05) is 12.1 Å². The first-order valence-electron chi connectivity index (χ1n) is 6.75. The molecule has 0 aromatic heterocycles. The van der Waals surface area contributed by atoms with E-state index >= 15 is 0 Å². The minimum absolute atomic E-state index is 0.0206. The molecule has 0 bridgehead atoms. The minimum atomic E-state index is -0.531. The van der Waals surface area contributed by atoms with Gasteiger partial charge in [0.25, 0.3) is 0 Å². The summed E-state index contributed by atoms with van der Waals surface area (Å²) in [7, 11) is 0. The average Bonchev–Trinajstić information content (AvgIpc) is 2.32. The van der Waals surface area contributed by atoms with Gasteiger partial charge in [0.2, 0.25) is 0 Å². The fraction of sp³-hybridized carbons (Fsp3) is 0.600. The van der Waals surface area contributed by atoms with Gasteiger partial charge in [0.05, 0.1) is 0 Å². The highest BCUT2D eigenvalue weighted by Gasteiger charge is 2.25. The van der Waals surface area contributed by atoms with Gasteiger partial charge in [0.15, 0.2) is 0 Å². The van der Waals surface area contributed by atoms with Gasteiger partial charge in [-0.15, -0.1) is 0 Å². The molecular weight excluding hydrogens is 232 g/mol. The third-order valence-electron chi connectivity index (χ3n) is 4.05. The Hall–Kier alpha value is -0.960. The second-order valence-corrected chi connectivity index (χ2v) is 5.64. The standard InChI is InChI=1S/C15H21F2N/c1-10-3-2-4-12(7-10)15(18)8-11-5-6-13(16)9-14(11)17/h5-6,9-10,12,15H,2-4,7-8,18H2,1H3. The second-order valence-electron chi connectivity index (χ2n) is 5.64. The number of rotatable bonds is 3. The molecular formula is C15H21F2N. The molecule has 2 rings (SSSR count). The molecule has 0 heterocycles. The summed E-state index contributed by atoms with van der Waals surface area (Å²) in [6, 6.07) is 3.73. The molecule has 0 spiro atoms. The monoisotopic (exact) mass is 253 g/mol. The maximum absolute atomic E-state index is 13.6. The van der Waals surface area contributed by atoms with E-state index in [1.54, 1.807) is 0 Å². The van der Waals surface area contributed by atoms with Gasteiger partial charge >= 0.3 is 0 Å². The Balaban J connectivity index is 1.99. The van der Waals surface area contributed by atoms with Crippen LogP contribution in [0.5, 0.6) is 0 Å². The zero-order valence-electron chi connectivity index (χ0n) is 10.8. The summed E-state index contributed by atoms with van der Waals surface area (Å²) in [4.78, 5) is 0. The largest absolute Gasteiger partial charge is 0.327 e. The maximum atomic E-state index is 13.6. The molecule has 1 aliphatic carbocycles. The molecule has 0 aliphatic heterocycles. The molecule has 1 aromatic carbocycles. The minimum Gasteiger partial charge on any atom is -0.327 e. The van der Waals surface area contributed by atoms with Crippen LogP contribution in [0.1, 0.15) is 38.2 Å². The molecule has 3 atom stereocenters.